The molecule has 2 rings (SSSR count). The predicted octanol–water partition coefficient (Wildman–Crippen LogP) is 3.27. The van der Waals surface area contributed by atoms with Gasteiger partial charge in [-0.2, -0.15) is 0 Å². The Morgan fingerprint density at radius 2 is 2.32 bits per heavy atom. The molecule has 1 aromatic rings. The van der Waals surface area contributed by atoms with Crippen molar-refractivity contribution in [3.05, 3.63) is 28.5 Å². The highest BCUT2D eigenvalue weighted by Crippen LogP contribution is 2.35. The van der Waals surface area contributed by atoms with Gasteiger partial charge in [0.2, 0.25) is 0 Å². The SMILES string of the molecule is CC1(C)C[C@H](CCC(N)Cc2ccc(Br)cn2)CN1C(=O)O. The van der Waals surface area contributed by atoms with Crippen molar-refractivity contribution in [1.29, 1.82) is 0 Å². The molecule has 3 N–H and O–H groups in total. The molecule has 1 aliphatic rings. The molecule has 0 aromatic carbocycles. The summed E-state index contributed by atoms with van der Waals surface area (Å²) >= 11 is 3.37. The number of halogens is 1. The Balaban J connectivity index is 1.81. The first kappa shape index (κ1) is 17.2. The molecule has 1 saturated heterocycles. The second kappa shape index (κ2) is 6.96. The number of pyridine rings is 1. The second-order valence-corrected chi connectivity index (χ2v) is 7.70. The summed E-state index contributed by atoms with van der Waals surface area (Å²) < 4.78 is 0.965. The molecule has 1 aromatic heterocycles. The van der Waals surface area contributed by atoms with Crippen LogP contribution in [0.3, 0.4) is 0 Å². The first-order chi connectivity index (χ1) is 10.3. The number of aromatic nitrogens is 1. The van der Waals surface area contributed by atoms with Crippen molar-refractivity contribution in [3.8, 4) is 0 Å². The van der Waals surface area contributed by atoms with Crippen LogP contribution in [-0.4, -0.2) is 39.2 Å². The van der Waals surface area contributed by atoms with Gasteiger partial charge in [0.05, 0.1) is 0 Å². The van der Waals surface area contributed by atoms with Crippen molar-refractivity contribution >= 4 is 22.0 Å². The number of carboxylic acid groups (broad SMARTS) is 1. The van der Waals surface area contributed by atoms with Crippen LogP contribution in [0.4, 0.5) is 4.79 Å². The molecule has 2 heterocycles. The standard InChI is InChI=1S/C16H24BrN3O2/c1-16(2)8-11(10-20(16)15(21)22)3-5-13(18)7-14-6-4-12(17)9-19-14/h4,6,9,11,13H,3,5,7-8,10,18H2,1-2H3,(H,21,22)/t11-,13?/m0/s1. The maximum absolute atomic E-state index is 11.3. The van der Waals surface area contributed by atoms with Gasteiger partial charge in [0.1, 0.15) is 0 Å². The van der Waals surface area contributed by atoms with Gasteiger partial charge in [-0.05, 0) is 67.1 Å². The number of nitrogens with two attached hydrogens (primary N) is 1. The second-order valence-electron chi connectivity index (χ2n) is 6.79. The van der Waals surface area contributed by atoms with E-state index in [1.165, 1.54) is 0 Å². The summed E-state index contributed by atoms with van der Waals surface area (Å²) in [6.07, 6.45) is 4.48. The Hall–Kier alpha value is -1.14. The van der Waals surface area contributed by atoms with Gasteiger partial charge in [-0.15, -0.1) is 0 Å². The van der Waals surface area contributed by atoms with Crippen LogP contribution >= 0.6 is 15.9 Å². The van der Waals surface area contributed by atoms with E-state index >= 15 is 0 Å². The van der Waals surface area contributed by atoms with E-state index in [0.29, 0.717) is 12.5 Å². The van der Waals surface area contributed by atoms with Crippen LogP contribution in [0.1, 0.15) is 38.8 Å². The predicted molar refractivity (Wildman–Crippen MR) is 89.8 cm³/mol. The van der Waals surface area contributed by atoms with Gasteiger partial charge < -0.3 is 15.7 Å². The summed E-state index contributed by atoms with van der Waals surface area (Å²) in [5, 5.41) is 9.25. The lowest BCUT2D eigenvalue weighted by Crippen LogP contribution is -2.41. The smallest absolute Gasteiger partial charge is 0.407 e. The van der Waals surface area contributed by atoms with Crippen LogP contribution in [-0.2, 0) is 6.42 Å². The molecule has 0 radical (unpaired) electrons. The number of hydrogen-bond donors (Lipinski definition) is 2. The van der Waals surface area contributed by atoms with Gasteiger partial charge in [-0.3, -0.25) is 4.98 Å². The van der Waals surface area contributed by atoms with E-state index < -0.39 is 6.09 Å². The molecule has 22 heavy (non-hydrogen) atoms. The van der Waals surface area contributed by atoms with Gasteiger partial charge in [-0.1, -0.05) is 0 Å². The lowest BCUT2D eigenvalue weighted by Gasteiger charge is -2.28. The van der Waals surface area contributed by atoms with Crippen LogP contribution in [0.5, 0.6) is 0 Å². The fourth-order valence-electron chi connectivity index (χ4n) is 3.26. The molecule has 1 amide bonds. The van der Waals surface area contributed by atoms with Crippen LogP contribution in [0, 0.1) is 5.92 Å². The number of amides is 1. The number of carbonyl (C=O) groups is 1. The number of hydrogen-bond acceptors (Lipinski definition) is 3. The minimum absolute atomic E-state index is 0.0654. The molecule has 2 atom stereocenters. The van der Waals surface area contributed by atoms with Crippen molar-refractivity contribution in [1.82, 2.24) is 9.88 Å². The molecule has 0 saturated carbocycles. The highest BCUT2D eigenvalue weighted by atomic mass is 79.9. The normalized spacial score (nSPS) is 21.8. The third-order valence-electron chi connectivity index (χ3n) is 4.40. The monoisotopic (exact) mass is 369 g/mol. The Labute approximate surface area is 140 Å². The molecule has 6 heteroatoms. The summed E-state index contributed by atoms with van der Waals surface area (Å²) in [5.74, 6) is 0.398. The van der Waals surface area contributed by atoms with Crippen molar-refractivity contribution in [2.75, 3.05) is 6.54 Å². The zero-order chi connectivity index (χ0) is 16.3. The topological polar surface area (TPSA) is 79.5 Å². The van der Waals surface area contributed by atoms with E-state index in [9.17, 15) is 9.90 Å². The summed E-state index contributed by atoms with van der Waals surface area (Å²) in [5.41, 5.74) is 6.93. The lowest BCUT2D eigenvalue weighted by molar-refractivity contribution is 0.117. The average molecular weight is 370 g/mol. The molecule has 122 valence electrons. The molecule has 0 spiro atoms. The Morgan fingerprint density at radius 1 is 1.59 bits per heavy atom. The van der Waals surface area contributed by atoms with Crippen molar-refractivity contribution in [2.24, 2.45) is 11.7 Å². The van der Waals surface area contributed by atoms with Crippen LogP contribution < -0.4 is 5.73 Å². The number of rotatable bonds is 5. The molecule has 5 nitrogen and oxygen atoms in total. The molecule has 1 aliphatic heterocycles. The lowest BCUT2D eigenvalue weighted by atomic mass is 9.91. The highest BCUT2D eigenvalue weighted by molar-refractivity contribution is 9.10. The minimum atomic E-state index is -0.823. The van der Waals surface area contributed by atoms with Crippen LogP contribution in [0.15, 0.2) is 22.8 Å². The third kappa shape index (κ3) is 4.43. The van der Waals surface area contributed by atoms with Gasteiger partial charge >= 0.3 is 6.09 Å². The molecule has 0 bridgehead atoms. The van der Waals surface area contributed by atoms with Crippen molar-refractivity contribution in [3.63, 3.8) is 0 Å². The molecule has 0 aliphatic carbocycles. The van der Waals surface area contributed by atoms with E-state index in [1.54, 1.807) is 11.1 Å². The Kier molecular flexibility index (Phi) is 5.45. The zero-order valence-corrected chi connectivity index (χ0v) is 14.7. The largest absolute Gasteiger partial charge is 0.465 e. The number of nitrogens with zero attached hydrogens (tertiary/aromatic N) is 2. The van der Waals surface area contributed by atoms with Gasteiger partial charge in [0.25, 0.3) is 0 Å². The first-order valence-electron chi connectivity index (χ1n) is 7.64. The van der Waals surface area contributed by atoms with Gasteiger partial charge in [0.15, 0.2) is 0 Å². The maximum atomic E-state index is 11.3. The molecular weight excluding hydrogens is 346 g/mol. The Bertz CT molecular complexity index is 519. The zero-order valence-electron chi connectivity index (χ0n) is 13.1. The third-order valence-corrected chi connectivity index (χ3v) is 4.87. The van der Waals surface area contributed by atoms with E-state index in [1.807, 2.05) is 26.0 Å². The summed E-state index contributed by atoms with van der Waals surface area (Å²) in [7, 11) is 0. The molecule has 1 fully saturated rings. The van der Waals surface area contributed by atoms with E-state index in [2.05, 4.69) is 20.9 Å². The first-order valence-corrected chi connectivity index (χ1v) is 8.44. The van der Waals surface area contributed by atoms with E-state index in [4.69, 9.17) is 5.73 Å². The summed E-state index contributed by atoms with van der Waals surface area (Å²) in [6.45, 7) is 4.60. The highest BCUT2D eigenvalue weighted by Gasteiger charge is 2.40. The van der Waals surface area contributed by atoms with Gasteiger partial charge in [-0.25, -0.2) is 4.79 Å². The van der Waals surface area contributed by atoms with Crippen molar-refractivity contribution in [2.45, 2.75) is 51.1 Å². The summed E-state index contributed by atoms with van der Waals surface area (Å²) in [4.78, 5) is 17.2. The molecule has 1 unspecified atom stereocenters. The summed E-state index contributed by atoms with van der Waals surface area (Å²) in [6, 6.07) is 4.02. The maximum Gasteiger partial charge on any atom is 0.407 e. The minimum Gasteiger partial charge on any atom is -0.465 e. The van der Waals surface area contributed by atoms with Crippen molar-refractivity contribution < 1.29 is 9.90 Å². The van der Waals surface area contributed by atoms with Crippen LogP contribution in [0.25, 0.3) is 0 Å². The number of likely N-dealkylation sites (tertiary alicyclic amines) is 1. The fraction of sp³-hybridized carbons (Fsp3) is 0.625. The quantitative estimate of drug-likeness (QED) is 0.834. The van der Waals surface area contributed by atoms with E-state index in [-0.39, 0.29) is 11.6 Å². The van der Waals surface area contributed by atoms with Gasteiger partial charge in [0, 0.05) is 40.9 Å². The fourth-order valence-corrected chi connectivity index (χ4v) is 3.50. The molecular formula is C16H24BrN3O2. The van der Waals surface area contributed by atoms with Crippen LogP contribution in [0.2, 0.25) is 0 Å². The van der Waals surface area contributed by atoms with E-state index in [0.717, 1.165) is 35.8 Å². The average Bonchev–Trinajstić information content (AvgIpc) is 2.74. The Morgan fingerprint density at radius 3 is 2.86 bits per heavy atom.